The van der Waals surface area contributed by atoms with Crippen LogP contribution in [-0.2, 0) is 9.59 Å². The minimum absolute atomic E-state index is 0.0787. The van der Waals surface area contributed by atoms with Crippen LogP contribution in [0.5, 0.6) is 0 Å². The Balaban J connectivity index is 1.59. The van der Waals surface area contributed by atoms with Crippen LogP contribution >= 0.6 is 11.6 Å². The van der Waals surface area contributed by atoms with E-state index in [9.17, 15) is 9.59 Å². The van der Waals surface area contributed by atoms with Gasteiger partial charge < -0.3 is 4.90 Å². The van der Waals surface area contributed by atoms with Crippen LogP contribution in [0.1, 0.15) is 17.5 Å². The van der Waals surface area contributed by atoms with E-state index in [0.29, 0.717) is 11.6 Å². The van der Waals surface area contributed by atoms with Gasteiger partial charge in [0.25, 0.3) is 0 Å². The maximum absolute atomic E-state index is 12.2. The summed E-state index contributed by atoms with van der Waals surface area (Å²) in [6.45, 7) is 2.35. The van der Waals surface area contributed by atoms with Gasteiger partial charge in [-0.05, 0) is 36.8 Å². The van der Waals surface area contributed by atoms with Crippen LogP contribution in [0.25, 0.3) is 0 Å². The van der Waals surface area contributed by atoms with E-state index in [2.05, 4.69) is 10.5 Å². The van der Waals surface area contributed by atoms with E-state index in [1.54, 1.807) is 35.4 Å². The number of hydrazone groups is 1. The van der Waals surface area contributed by atoms with Gasteiger partial charge in [-0.25, -0.2) is 5.43 Å². The number of hydrogen-bond acceptors (Lipinski definition) is 3. The predicted molar refractivity (Wildman–Crippen MR) is 98.8 cm³/mol. The Morgan fingerprint density at radius 1 is 1.20 bits per heavy atom. The lowest BCUT2D eigenvalue weighted by Crippen LogP contribution is -2.30. The Morgan fingerprint density at radius 2 is 1.88 bits per heavy atom. The average molecular weight is 356 g/mol. The van der Waals surface area contributed by atoms with E-state index in [4.69, 9.17) is 11.6 Å². The normalized spacial score (nSPS) is 17.3. The Labute approximate surface area is 151 Å². The largest absolute Gasteiger partial charge is 0.312 e. The maximum atomic E-state index is 12.2. The highest BCUT2D eigenvalue weighted by atomic mass is 35.5. The summed E-state index contributed by atoms with van der Waals surface area (Å²) in [4.78, 5) is 26.0. The van der Waals surface area contributed by atoms with Gasteiger partial charge in [0.15, 0.2) is 0 Å². The zero-order valence-corrected chi connectivity index (χ0v) is 14.5. The lowest BCUT2D eigenvalue weighted by Gasteiger charge is -2.16. The van der Waals surface area contributed by atoms with E-state index >= 15 is 0 Å². The minimum Gasteiger partial charge on any atom is -0.312 e. The monoisotopic (exact) mass is 355 g/mol. The van der Waals surface area contributed by atoms with Crippen molar-refractivity contribution < 1.29 is 9.59 Å². The van der Waals surface area contributed by atoms with Crippen LogP contribution in [0.3, 0.4) is 0 Å². The third-order valence-corrected chi connectivity index (χ3v) is 4.35. The van der Waals surface area contributed by atoms with Gasteiger partial charge in [0.1, 0.15) is 0 Å². The van der Waals surface area contributed by atoms with E-state index in [1.807, 2.05) is 31.2 Å². The molecule has 6 heteroatoms. The van der Waals surface area contributed by atoms with Crippen molar-refractivity contribution in [3.8, 4) is 0 Å². The van der Waals surface area contributed by atoms with Crippen molar-refractivity contribution in [2.24, 2.45) is 11.0 Å². The van der Waals surface area contributed by atoms with Gasteiger partial charge in [0.05, 0.1) is 12.1 Å². The first kappa shape index (κ1) is 17.2. The highest BCUT2D eigenvalue weighted by Gasteiger charge is 2.35. The van der Waals surface area contributed by atoms with Crippen LogP contribution < -0.4 is 10.3 Å². The summed E-state index contributed by atoms with van der Waals surface area (Å²) in [5.74, 6) is -0.753. The maximum Gasteiger partial charge on any atom is 0.245 e. The Hall–Kier alpha value is -2.66. The van der Waals surface area contributed by atoms with E-state index in [1.165, 1.54) is 0 Å². The number of rotatable bonds is 4. The fourth-order valence-corrected chi connectivity index (χ4v) is 2.79. The molecule has 1 aliphatic rings. The van der Waals surface area contributed by atoms with Crippen LogP contribution in [0.2, 0.25) is 5.02 Å². The molecular formula is C19H18ClN3O2. The van der Waals surface area contributed by atoms with Crippen LogP contribution in [0, 0.1) is 12.8 Å². The van der Waals surface area contributed by atoms with Gasteiger partial charge in [-0.1, -0.05) is 41.4 Å². The summed E-state index contributed by atoms with van der Waals surface area (Å²) in [6.07, 6.45) is 1.76. The van der Waals surface area contributed by atoms with Gasteiger partial charge in [-0.2, -0.15) is 5.10 Å². The molecule has 25 heavy (non-hydrogen) atoms. The van der Waals surface area contributed by atoms with Gasteiger partial charge in [0.2, 0.25) is 11.8 Å². The molecule has 5 nitrogen and oxygen atoms in total. The fourth-order valence-electron chi connectivity index (χ4n) is 2.67. The molecule has 0 bridgehead atoms. The number of hydrogen-bond donors (Lipinski definition) is 1. The topological polar surface area (TPSA) is 61.8 Å². The number of benzene rings is 2. The van der Waals surface area contributed by atoms with Gasteiger partial charge >= 0.3 is 0 Å². The molecule has 1 heterocycles. The molecule has 1 saturated heterocycles. The van der Waals surface area contributed by atoms with Crippen molar-refractivity contribution in [3.05, 3.63) is 64.7 Å². The molecule has 1 fully saturated rings. The van der Waals surface area contributed by atoms with Crippen molar-refractivity contribution in [1.82, 2.24) is 5.43 Å². The molecule has 2 aromatic carbocycles. The second kappa shape index (κ2) is 7.49. The number of carbonyl (C=O) groups is 2. The van der Waals surface area contributed by atoms with Gasteiger partial charge in [-0.15, -0.1) is 0 Å². The first-order valence-corrected chi connectivity index (χ1v) is 8.36. The number of amides is 2. The third kappa shape index (κ3) is 4.25. The summed E-state index contributed by atoms with van der Waals surface area (Å²) in [7, 11) is 0. The highest BCUT2D eigenvalue weighted by molar-refractivity contribution is 6.30. The number of nitrogens with one attached hydrogen (secondary N) is 1. The lowest BCUT2D eigenvalue weighted by molar-refractivity contribution is -0.126. The molecule has 1 atom stereocenters. The summed E-state index contributed by atoms with van der Waals surface area (Å²) >= 11 is 5.87. The number of anilines is 1. The number of carbonyl (C=O) groups excluding carboxylic acids is 2. The smallest absolute Gasteiger partial charge is 0.245 e. The second-order valence-corrected chi connectivity index (χ2v) is 6.46. The second-order valence-electron chi connectivity index (χ2n) is 6.03. The quantitative estimate of drug-likeness (QED) is 0.676. The zero-order chi connectivity index (χ0) is 17.8. The molecule has 0 aliphatic carbocycles. The fraction of sp³-hybridized carbons (Fsp3) is 0.211. The lowest BCUT2D eigenvalue weighted by atomic mass is 10.1. The summed E-state index contributed by atoms with van der Waals surface area (Å²) < 4.78 is 0. The molecule has 1 N–H and O–H groups in total. The standard InChI is InChI=1S/C19H18ClN3O2/c1-13-2-4-14(5-3-13)11-21-22-19(25)15-10-18(24)23(12-15)17-8-6-16(20)7-9-17/h2-9,11,15H,10,12H2,1H3,(H,22,25)/t15-/m0/s1. The van der Waals surface area contributed by atoms with Crippen molar-refractivity contribution in [1.29, 1.82) is 0 Å². The van der Waals surface area contributed by atoms with E-state index in [0.717, 1.165) is 16.8 Å². The molecule has 0 saturated carbocycles. The van der Waals surface area contributed by atoms with Gasteiger partial charge in [-0.3, -0.25) is 9.59 Å². The van der Waals surface area contributed by atoms with Crippen LogP contribution in [0.15, 0.2) is 53.6 Å². The van der Waals surface area contributed by atoms with Crippen LogP contribution in [-0.4, -0.2) is 24.6 Å². The number of halogens is 1. The Kier molecular flexibility index (Phi) is 5.14. The molecule has 0 spiro atoms. The van der Waals surface area contributed by atoms with Crippen molar-refractivity contribution >= 4 is 35.3 Å². The number of nitrogens with zero attached hydrogens (tertiary/aromatic N) is 2. The Bertz CT molecular complexity index is 800. The van der Waals surface area contributed by atoms with Crippen molar-refractivity contribution in [3.63, 3.8) is 0 Å². The molecule has 0 unspecified atom stereocenters. The van der Waals surface area contributed by atoms with E-state index < -0.39 is 5.92 Å². The molecule has 3 rings (SSSR count). The molecule has 2 amide bonds. The molecular weight excluding hydrogens is 338 g/mol. The first-order valence-electron chi connectivity index (χ1n) is 7.98. The summed E-state index contributed by atoms with van der Waals surface area (Å²) in [5, 5.41) is 4.58. The average Bonchev–Trinajstić information content (AvgIpc) is 2.99. The first-order chi connectivity index (χ1) is 12.0. The Morgan fingerprint density at radius 3 is 2.56 bits per heavy atom. The SMILES string of the molecule is Cc1ccc(C=NNC(=O)[C@H]2CC(=O)N(c3ccc(Cl)cc3)C2)cc1. The highest BCUT2D eigenvalue weighted by Crippen LogP contribution is 2.26. The summed E-state index contributed by atoms with van der Waals surface area (Å²) in [5.41, 5.74) is 5.32. The number of aryl methyl sites for hydroxylation is 1. The molecule has 128 valence electrons. The third-order valence-electron chi connectivity index (χ3n) is 4.10. The minimum atomic E-state index is -0.418. The molecule has 1 aliphatic heterocycles. The molecule has 2 aromatic rings. The van der Waals surface area contributed by atoms with Gasteiger partial charge in [0, 0.05) is 23.7 Å². The molecule has 0 aromatic heterocycles. The van der Waals surface area contributed by atoms with Crippen LogP contribution in [0.4, 0.5) is 5.69 Å². The van der Waals surface area contributed by atoms with Crippen molar-refractivity contribution in [2.45, 2.75) is 13.3 Å². The van der Waals surface area contributed by atoms with E-state index in [-0.39, 0.29) is 18.2 Å². The molecule has 0 radical (unpaired) electrons. The predicted octanol–water partition coefficient (Wildman–Crippen LogP) is 3.15. The summed E-state index contributed by atoms with van der Waals surface area (Å²) in [6, 6.07) is 14.8. The van der Waals surface area contributed by atoms with Crippen molar-refractivity contribution in [2.75, 3.05) is 11.4 Å². The zero-order valence-electron chi connectivity index (χ0n) is 13.8.